The van der Waals surface area contributed by atoms with E-state index >= 15 is 0 Å². The predicted molar refractivity (Wildman–Crippen MR) is 67.2 cm³/mol. The monoisotopic (exact) mass is 254 g/mol. The van der Waals surface area contributed by atoms with E-state index in [0.717, 1.165) is 32.2 Å². The molecule has 0 bridgehead atoms. The van der Waals surface area contributed by atoms with Gasteiger partial charge in [0.2, 0.25) is 5.91 Å². The van der Waals surface area contributed by atoms with E-state index in [1.54, 1.807) is 0 Å². The van der Waals surface area contributed by atoms with E-state index < -0.39 is 11.5 Å². The zero-order valence-corrected chi connectivity index (χ0v) is 10.9. The molecule has 2 unspecified atom stereocenters. The van der Waals surface area contributed by atoms with Gasteiger partial charge in [-0.05, 0) is 38.1 Å². The van der Waals surface area contributed by atoms with E-state index in [9.17, 15) is 14.7 Å². The van der Waals surface area contributed by atoms with Crippen molar-refractivity contribution in [3.63, 3.8) is 0 Å². The number of rotatable bonds is 3. The van der Waals surface area contributed by atoms with E-state index in [4.69, 9.17) is 0 Å². The molecule has 5 heteroatoms. The molecule has 0 aromatic rings. The molecule has 1 amide bonds. The van der Waals surface area contributed by atoms with Gasteiger partial charge < -0.3 is 15.7 Å². The van der Waals surface area contributed by atoms with Crippen LogP contribution in [-0.2, 0) is 9.59 Å². The zero-order valence-electron chi connectivity index (χ0n) is 10.9. The minimum Gasteiger partial charge on any atom is -0.480 e. The van der Waals surface area contributed by atoms with Gasteiger partial charge >= 0.3 is 5.97 Å². The van der Waals surface area contributed by atoms with E-state index in [2.05, 4.69) is 17.6 Å². The van der Waals surface area contributed by atoms with Crippen molar-refractivity contribution in [2.24, 2.45) is 5.92 Å². The Morgan fingerprint density at radius 1 is 1.33 bits per heavy atom. The maximum atomic E-state index is 12.2. The van der Waals surface area contributed by atoms with Crippen molar-refractivity contribution >= 4 is 11.9 Å². The van der Waals surface area contributed by atoms with E-state index in [1.165, 1.54) is 0 Å². The normalized spacial score (nSPS) is 30.9. The molecule has 18 heavy (non-hydrogen) atoms. The number of hydrogen-bond donors (Lipinski definition) is 3. The lowest BCUT2D eigenvalue weighted by atomic mass is 9.92. The van der Waals surface area contributed by atoms with Crippen molar-refractivity contribution < 1.29 is 14.7 Å². The second-order valence-corrected chi connectivity index (χ2v) is 5.72. The van der Waals surface area contributed by atoms with Crippen molar-refractivity contribution in [2.75, 3.05) is 6.54 Å². The number of amides is 1. The Balaban J connectivity index is 1.99. The van der Waals surface area contributed by atoms with Crippen molar-refractivity contribution in [1.29, 1.82) is 0 Å². The van der Waals surface area contributed by atoms with Crippen LogP contribution in [0, 0.1) is 5.92 Å². The molecule has 1 heterocycles. The zero-order chi connectivity index (χ0) is 13.2. The highest BCUT2D eigenvalue weighted by Gasteiger charge is 2.43. The fourth-order valence-electron chi connectivity index (χ4n) is 3.00. The molecule has 2 rings (SSSR count). The van der Waals surface area contributed by atoms with E-state index in [0.29, 0.717) is 18.8 Å². The highest BCUT2D eigenvalue weighted by Crippen LogP contribution is 2.30. The molecule has 2 aliphatic rings. The van der Waals surface area contributed by atoms with Gasteiger partial charge in [0.1, 0.15) is 5.54 Å². The fraction of sp³-hybridized carbons (Fsp3) is 0.846. The molecule has 1 aliphatic carbocycles. The quantitative estimate of drug-likeness (QED) is 0.699. The first-order chi connectivity index (χ1) is 8.53. The lowest BCUT2D eigenvalue weighted by Crippen LogP contribution is -2.58. The number of aliphatic carboxylic acids is 1. The Hall–Kier alpha value is -1.10. The van der Waals surface area contributed by atoms with Crippen LogP contribution in [0.4, 0.5) is 0 Å². The number of nitrogens with one attached hydrogen (secondary N) is 2. The first-order valence-corrected chi connectivity index (χ1v) is 6.82. The Morgan fingerprint density at radius 2 is 2.00 bits per heavy atom. The van der Waals surface area contributed by atoms with E-state index in [-0.39, 0.29) is 11.9 Å². The predicted octanol–water partition coefficient (Wildman–Crippen LogP) is 0.888. The smallest absolute Gasteiger partial charge is 0.329 e. The topological polar surface area (TPSA) is 78.4 Å². The van der Waals surface area contributed by atoms with Crippen molar-refractivity contribution in [2.45, 2.75) is 57.0 Å². The lowest BCUT2D eigenvalue weighted by Gasteiger charge is -2.31. The van der Waals surface area contributed by atoms with Gasteiger partial charge in [0, 0.05) is 0 Å². The number of hydrogen-bond acceptors (Lipinski definition) is 3. The van der Waals surface area contributed by atoms with Gasteiger partial charge in [-0.1, -0.05) is 19.8 Å². The first kappa shape index (κ1) is 13.3. The first-order valence-electron chi connectivity index (χ1n) is 6.82. The highest BCUT2D eigenvalue weighted by atomic mass is 16.4. The maximum Gasteiger partial charge on any atom is 0.329 e. The Kier molecular flexibility index (Phi) is 3.90. The van der Waals surface area contributed by atoms with Gasteiger partial charge in [0.15, 0.2) is 0 Å². The second-order valence-electron chi connectivity index (χ2n) is 5.72. The summed E-state index contributed by atoms with van der Waals surface area (Å²) in [5.41, 5.74) is -1.01. The molecule has 0 aromatic carbocycles. The Bertz CT molecular complexity index is 337. The van der Waals surface area contributed by atoms with Crippen LogP contribution in [0.2, 0.25) is 0 Å². The van der Waals surface area contributed by atoms with Gasteiger partial charge in [-0.15, -0.1) is 0 Å². The highest BCUT2D eigenvalue weighted by molar-refractivity contribution is 5.89. The number of carbonyl (C=O) groups is 2. The van der Waals surface area contributed by atoms with Crippen molar-refractivity contribution in [3.8, 4) is 0 Å². The molecule has 5 nitrogen and oxygen atoms in total. The molecule has 0 radical (unpaired) electrons. The standard InChI is InChI=1S/C13H22N2O3/c1-9-4-7-14-10(8-9)11(16)15-13(12(17)18)5-2-3-6-13/h9-10,14H,2-8H2,1H3,(H,15,16)(H,17,18). The molecule has 0 spiro atoms. The fourth-order valence-corrected chi connectivity index (χ4v) is 3.00. The van der Waals surface area contributed by atoms with Crippen molar-refractivity contribution in [1.82, 2.24) is 10.6 Å². The Labute approximate surface area is 107 Å². The molecular formula is C13H22N2O3. The molecule has 0 aromatic heterocycles. The van der Waals surface area contributed by atoms with Gasteiger partial charge in [0.25, 0.3) is 0 Å². The molecule has 2 atom stereocenters. The summed E-state index contributed by atoms with van der Waals surface area (Å²) in [6, 6.07) is -0.231. The average molecular weight is 254 g/mol. The third-order valence-electron chi connectivity index (χ3n) is 4.21. The second kappa shape index (κ2) is 5.26. The molecule has 3 N–H and O–H groups in total. The summed E-state index contributed by atoms with van der Waals surface area (Å²) in [6.45, 7) is 2.96. The summed E-state index contributed by atoms with van der Waals surface area (Å²) in [5, 5.41) is 15.3. The average Bonchev–Trinajstić information content (AvgIpc) is 2.79. The van der Waals surface area contributed by atoms with Crippen LogP contribution in [-0.4, -0.2) is 35.1 Å². The number of carboxylic acid groups (broad SMARTS) is 1. The number of piperidine rings is 1. The Morgan fingerprint density at radius 3 is 2.56 bits per heavy atom. The largest absolute Gasteiger partial charge is 0.480 e. The summed E-state index contributed by atoms with van der Waals surface area (Å²) >= 11 is 0. The SMILES string of the molecule is CC1CCNC(C(=O)NC2(C(=O)O)CCCC2)C1. The van der Waals surface area contributed by atoms with E-state index in [1.807, 2.05) is 0 Å². The molecule has 2 fully saturated rings. The van der Waals surface area contributed by atoms with Crippen LogP contribution in [0.3, 0.4) is 0 Å². The summed E-state index contributed by atoms with van der Waals surface area (Å²) in [4.78, 5) is 23.5. The lowest BCUT2D eigenvalue weighted by molar-refractivity contribution is -0.147. The van der Waals surface area contributed by atoms with Crippen LogP contribution in [0.1, 0.15) is 45.4 Å². The molecule has 1 saturated carbocycles. The summed E-state index contributed by atoms with van der Waals surface area (Å²) in [6.07, 6.45) is 4.73. The maximum absolute atomic E-state index is 12.2. The van der Waals surface area contributed by atoms with Crippen LogP contribution >= 0.6 is 0 Å². The number of carbonyl (C=O) groups excluding carboxylic acids is 1. The van der Waals surface area contributed by atoms with Crippen LogP contribution in [0.5, 0.6) is 0 Å². The van der Waals surface area contributed by atoms with Gasteiger partial charge in [-0.25, -0.2) is 4.79 Å². The minimum atomic E-state index is -1.01. The molecule has 102 valence electrons. The third kappa shape index (κ3) is 2.66. The summed E-state index contributed by atoms with van der Waals surface area (Å²) in [5.74, 6) is -0.519. The third-order valence-corrected chi connectivity index (χ3v) is 4.21. The van der Waals surface area contributed by atoms with Crippen LogP contribution in [0.25, 0.3) is 0 Å². The van der Waals surface area contributed by atoms with Crippen molar-refractivity contribution in [3.05, 3.63) is 0 Å². The summed E-state index contributed by atoms with van der Waals surface area (Å²) < 4.78 is 0. The molecule has 1 aliphatic heterocycles. The van der Waals surface area contributed by atoms with Gasteiger partial charge in [-0.2, -0.15) is 0 Å². The van der Waals surface area contributed by atoms with Gasteiger partial charge in [-0.3, -0.25) is 4.79 Å². The molecular weight excluding hydrogens is 232 g/mol. The van der Waals surface area contributed by atoms with Crippen LogP contribution in [0.15, 0.2) is 0 Å². The summed E-state index contributed by atoms with van der Waals surface area (Å²) in [7, 11) is 0. The molecule has 1 saturated heterocycles. The van der Waals surface area contributed by atoms with Crippen LogP contribution < -0.4 is 10.6 Å². The minimum absolute atomic E-state index is 0.147. The number of carboxylic acids is 1. The van der Waals surface area contributed by atoms with Gasteiger partial charge in [0.05, 0.1) is 6.04 Å².